The summed E-state index contributed by atoms with van der Waals surface area (Å²) in [5, 5.41) is 3.87. The lowest BCUT2D eigenvalue weighted by Gasteiger charge is -2.64. The van der Waals surface area contributed by atoms with Gasteiger partial charge < -0.3 is 5.32 Å². The zero-order chi connectivity index (χ0) is 14.5. The number of rotatable bonds is 3. The molecule has 4 bridgehead atoms. The maximum absolute atomic E-state index is 3.87. The van der Waals surface area contributed by atoms with Gasteiger partial charge in [-0.1, -0.05) is 32.6 Å². The van der Waals surface area contributed by atoms with E-state index in [1.54, 1.807) is 32.1 Å². The second kappa shape index (κ2) is 5.25. The summed E-state index contributed by atoms with van der Waals surface area (Å²) in [6.07, 6.45) is 18.3. The van der Waals surface area contributed by atoms with E-state index in [4.69, 9.17) is 0 Å². The smallest absolute Gasteiger partial charge is 0.0149 e. The topological polar surface area (TPSA) is 12.0 Å². The lowest BCUT2D eigenvalue weighted by molar-refractivity contribution is -0.126. The summed E-state index contributed by atoms with van der Waals surface area (Å²) in [6, 6.07) is 0.820. The Morgan fingerprint density at radius 2 is 1.52 bits per heavy atom. The van der Waals surface area contributed by atoms with E-state index in [9.17, 15) is 0 Å². The van der Waals surface area contributed by atoms with Gasteiger partial charge in [0.05, 0.1) is 0 Å². The summed E-state index contributed by atoms with van der Waals surface area (Å²) < 4.78 is 0. The van der Waals surface area contributed by atoms with Gasteiger partial charge in [-0.15, -0.1) is 0 Å². The molecular weight excluding hydrogens is 254 g/mol. The van der Waals surface area contributed by atoms with Crippen LogP contribution in [0.25, 0.3) is 0 Å². The molecule has 1 N–H and O–H groups in total. The van der Waals surface area contributed by atoms with Crippen LogP contribution in [0.5, 0.6) is 0 Å². The highest BCUT2D eigenvalue weighted by molar-refractivity contribution is 5.10. The Bertz CT molecular complexity index is 365. The molecule has 0 aliphatic heterocycles. The first kappa shape index (κ1) is 14.5. The molecule has 0 aromatic heterocycles. The van der Waals surface area contributed by atoms with Crippen LogP contribution in [0, 0.1) is 28.6 Å². The standard InChI is InChI=1S/C20H35N/c1-19-10-15-9-16(11-19)13-20(12-15,14-19)18(21-2)17-7-5-3-4-6-8-17/h15-18,21H,3-14H2,1-2H3. The summed E-state index contributed by atoms with van der Waals surface area (Å²) in [4.78, 5) is 0. The Morgan fingerprint density at radius 1 is 0.905 bits per heavy atom. The Labute approximate surface area is 131 Å². The van der Waals surface area contributed by atoms with Gasteiger partial charge in [0.15, 0.2) is 0 Å². The molecule has 5 rings (SSSR count). The molecule has 1 heteroatoms. The molecule has 0 heterocycles. The highest BCUT2D eigenvalue weighted by atomic mass is 14.9. The highest BCUT2D eigenvalue weighted by Crippen LogP contribution is 2.67. The molecule has 3 atom stereocenters. The van der Waals surface area contributed by atoms with Gasteiger partial charge in [-0.2, -0.15) is 0 Å². The van der Waals surface area contributed by atoms with Crippen LogP contribution in [-0.4, -0.2) is 13.1 Å². The van der Waals surface area contributed by atoms with Crippen molar-refractivity contribution < 1.29 is 0 Å². The lowest BCUT2D eigenvalue weighted by Crippen LogP contribution is -2.60. The summed E-state index contributed by atoms with van der Waals surface area (Å²) in [7, 11) is 2.27. The van der Waals surface area contributed by atoms with Crippen LogP contribution in [-0.2, 0) is 0 Å². The minimum atomic E-state index is 0.669. The quantitative estimate of drug-likeness (QED) is 0.708. The third-order valence-electron chi connectivity index (χ3n) is 7.74. The maximum Gasteiger partial charge on any atom is 0.0149 e. The molecule has 1 nitrogen and oxygen atoms in total. The van der Waals surface area contributed by atoms with Crippen LogP contribution in [0.1, 0.15) is 84.0 Å². The minimum Gasteiger partial charge on any atom is -0.316 e. The third-order valence-corrected chi connectivity index (χ3v) is 7.74. The van der Waals surface area contributed by atoms with E-state index in [2.05, 4.69) is 19.3 Å². The molecule has 0 aromatic carbocycles. The fraction of sp³-hybridized carbons (Fsp3) is 1.00. The van der Waals surface area contributed by atoms with E-state index in [0.29, 0.717) is 10.8 Å². The van der Waals surface area contributed by atoms with Gasteiger partial charge in [0.1, 0.15) is 0 Å². The third kappa shape index (κ3) is 2.48. The van der Waals surface area contributed by atoms with Crippen molar-refractivity contribution in [1.82, 2.24) is 5.32 Å². The molecule has 5 saturated carbocycles. The van der Waals surface area contributed by atoms with Crippen LogP contribution in [0.2, 0.25) is 0 Å². The van der Waals surface area contributed by atoms with Crippen molar-refractivity contribution in [3.63, 3.8) is 0 Å². The molecule has 5 aliphatic rings. The van der Waals surface area contributed by atoms with Gasteiger partial charge in [-0.3, -0.25) is 0 Å². The first-order valence-electron chi connectivity index (χ1n) is 9.80. The maximum atomic E-state index is 3.87. The van der Waals surface area contributed by atoms with Crippen LogP contribution in [0.4, 0.5) is 0 Å². The van der Waals surface area contributed by atoms with Crippen molar-refractivity contribution in [3.05, 3.63) is 0 Å². The molecule has 0 spiro atoms. The first-order valence-corrected chi connectivity index (χ1v) is 9.80. The Balaban J connectivity index is 1.60. The molecule has 120 valence electrons. The molecule has 21 heavy (non-hydrogen) atoms. The molecular formula is C20H35N. The van der Waals surface area contributed by atoms with Crippen LogP contribution in [0.15, 0.2) is 0 Å². The largest absolute Gasteiger partial charge is 0.316 e. The predicted octanol–water partition coefficient (Wildman–Crippen LogP) is 5.15. The summed E-state index contributed by atoms with van der Waals surface area (Å²) >= 11 is 0. The zero-order valence-corrected chi connectivity index (χ0v) is 14.3. The SMILES string of the molecule is CNC(C1CCCCCC1)C12CC3CC(CC(C)(C3)C1)C2. The fourth-order valence-electron chi connectivity index (χ4n) is 7.85. The molecule has 0 radical (unpaired) electrons. The molecule has 0 saturated heterocycles. The van der Waals surface area contributed by atoms with E-state index in [-0.39, 0.29) is 0 Å². The Hall–Kier alpha value is -0.0400. The number of hydrogen-bond donors (Lipinski definition) is 1. The van der Waals surface area contributed by atoms with E-state index in [0.717, 1.165) is 23.8 Å². The second-order valence-corrected chi connectivity index (χ2v) is 9.65. The van der Waals surface area contributed by atoms with E-state index < -0.39 is 0 Å². The average molecular weight is 290 g/mol. The Kier molecular flexibility index (Phi) is 3.64. The predicted molar refractivity (Wildman–Crippen MR) is 89.3 cm³/mol. The van der Waals surface area contributed by atoms with Crippen molar-refractivity contribution in [2.24, 2.45) is 28.6 Å². The van der Waals surface area contributed by atoms with Gasteiger partial charge >= 0.3 is 0 Å². The van der Waals surface area contributed by atoms with Crippen molar-refractivity contribution in [2.45, 2.75) is 90.0 Å². The van der Waals surface area contributed by atoms with Gasteiger partial charge in [0, 0.05) is 6.04 Å². The van der Waals surface area contributed by atoms with Crippen LogP contribution < -0.4 is 5.32 Å². The second-order valence-electron chi connectivity index (χ2n) is 9.65. The van der Waals surface area contributed by atoms with Gasteiger partial charge in [0.25, 0.3) is 0 Å². The van der Waals surface area contributed by atoms with Crippen molar-refractivity contribution in [1.29, 1.82) is 0 Å². The van der Waals surface area contributed by atoms with Crippen molar-refractivity contribution in [2.75, 3.05) is 7.05 Å². The normalized spacial score (nSPS) is 48.3. The summed E-state index contributed by atoms with van der Waals surface area (Å²) in [6.45, 7) is 2.62. The Morgan fingerprint density at radius 3 is 2.05 bits per heavy atom. The van der Waals surface area contributed by atoms with Gasteiger partial charge in [-0.05, 0) is 87.0 Å². The fourth-order valence-corrected chi connectivity index (χ4v) is 7.85. The molecule has 0 aromatic rings. The number of nitrogens with one attached hydrogen (secondary N) is 1. The highest BCUT2D eigenvalue weighted by Gasteiger charge is 2.58. The van der Waals surface area contributed by atoms with Crippen LogP contribution in [0.3, 0.4) is 0 Å². The number of hydrogen-bond acceptors (Lipinski definition) is 1. The summed E-state index contributed by atoms with van der Waals surface area (Å²) in [5.74, 6) is 3.10. The minimum absolute atomic E-state index is 0.669. The van der Waals surface area contributed by atoms with Gasteiger partial charge in [0.2, 0.25) is 0 Å². The van der Waals surface area contributed by atoms with Crippen molar-refractivity contribution >= 4 is 0 Å². The zero-order valence-electron chi connectivity index (χ0n) is 14.3. The summed E-state index contributed by atoms with van der Waals surface area (Å²) in [5.41, 5.74) is 1.37. The molecule has 5 fully saturated rings. The lowest BCUT2D eigenvalue weighted by atomic mass is 9.42. The van der Waals surface area contributed by atoms with E-state index in [1.165, 1.54) is 44.9 Å². The molecule has 5 aliphatic carbocycles. The van der Waals surface area contributed by atoms with E-state index in [1.807, 2.05) is 0 Å². The van der Waals surface area contributed by atoms with Crippen LogP contribution >= 0.6 is 0 Å². The first-order chi connectivity index (χ1) is 10.1. The average Bonchev–Trinajstić information content (AvgIpc) is 2.65. The molecule has 3 unspecified atom stereocenters. The molecule has 0 amide bonds. The van der Waals surface area contributed by atoms with Crippen molar-refractivity contribution in [3.8, 4) is 0 Å². The van der Waals surface area contributed by atoms with Gasteiger partial charge in [-0.25, -0.2) is 0 Å². The van der Waals surface area contributed by atoms with E-state index >= 15 is 0 Å². The monoisotopic (exact) mass is 289 g/mol.